The largest absolute Gasteiger partial charge is 0.397 e. The Labute approximate surface area is 114 Å². The zero-order valence-electron chi connectivity index (χ0n) is 12.8. The van der Waals surface area contributed by atoms with E-state index in [1.54, 1.807) is 0 Å². The maximum atomic E-state index is 5.63. The number of aliphatic imine (C=N–C) groups is 1. The molecule has 0 aromatic heterocycles. The fraction of sp³-hybridized carbons (Fsp3) is 0.917. The summed E-state index contributed by atoms with van der Waals surface area (Å²) >= 11 is 0. The molecule has 0 aromatic rings. The molecule has 0 aliphatic heterocycles. The summed E-state index contributed by atoms with van der Waals surface area (Å²) in [5.74, 6) is 1.00. The molecule has 18 heavy (non-hydrogen) atoms. The Bertz CT molecular complexity index is 219. The Hall–Kier alpha value is -0.593. The van der Waals surface area contributed by atoms with E-state index in [0.29, 0.717) is 0 Å². The first-order valence-corrected chi connectivity index (χ1v) is 8.41. The minimum absolute atomic E-state index is 0.751. The van der Waals surface area contributed by atoms with Gasteiger partial charge in [-0.2, -0.15) is 0 Å². The van der Waals surface area contributed by atoms with Crippen LogP contribution in [0.25, 0.3) is 0 Å². The van der Waals surface area contributed by atoms with Crippen LogP contribution in [0.2, 0.25) is 6.04 Å². The van der Waals surface area contributed by atoms with Gasteiger partial charge >= 0.3 is 9.28 Å². The van der Waals surface area contributed by atoms with E-state index >= 15 is 0 Å². The third-order valence-corrected chi connectivity index (χ3v) is 4.65. The second-order valence-electron chi connectivity index (χ2n) is 4.45. The van der Waals surface area contributed by atoms with Crippen LogP contribution in [0.4, 0.5) is 0 Å². The van der Waals surface area contributed by atoms with Gasteiger partial charge in [-0.3, -0.25) is 4.99 Å². The molecule has 0 heterocycles. The van der Waals surface area contributed by atoms with Gasteiger partial charge in [-0.15, -0.1) is 0 Å². The van der Waals surface area contributed by atoms with Crippen molar-refractivity contribution in [3.63, 3.8) is 0 Å². The van der Waals surface area contributed by atoms with Crippen molar-refractivity contribution in [1.29, 1.82) is 0 Å². The predicted octanol–water partition coefficient (Wildman–Crippen LogP) is 1.15. The second-order valence-corrected chi connectivity index (χ2v) is 6.56. The molecular formula is C12H29N3O2Si. The predicted molar refractivity (Wildman–Crippen MR) is 79.5 cm³/mol. The summed E-state index contributed by atoms with van der Waals surface area (Å²) in [6.07, 6.45) is 1.03. The molecule has 5 nitrogen and oxygen atoms in total. The number of hydrogen-bond donors (Lipinski definition) is 0. The molecule has 6 heteroatoms. The van der Waals surface area contributed by atoms with Crippen molar-refractivity contribution in [2.45, 2.75) is 26.3 Å². The molecule has 0 spiro atoms. The standard InChI is InChI=1S/C12H29N3O2Si/c1-7-16-18(17-8-2)11-9-10-13-12(14(3)4)15(5)6/h18H,7-11H2,1-6H3. The summed E-state index contributed by atoms with van der Waals surface area (Å²) in [5, 5.41) is 0. The first kappa shape index (κ1) is 17.4. The minimum atomic E-state index is -1.44. The second kappa shape index (κ2) is 10.3. The molecule has 0 aliphatic carbocycles. The van der Waals surface area contributed by atoms with Crippen LogP contribution < -0.4 is 0 Å². The van der Waals surface area contributed by atoms with Gasteiger partial charge in [-0.05, 0) is 26.3 Å². The van der Waals surface area contributed by atoms with Gasteiger partial charge < -0.3 is 18.7 Å². The average Bonchev–Trinajstić information content (AvgIpc) is 2.28. The van der Waals surface area contributed by atoms with Gasteiger partial charge in [0.1, 0.15) is 0 Å². The van der Waals surface area contributed by atoms with Gasteiger partial charge in [0.15, 0.2) is 5.96 Å². The highest BCUT2D eigenvalue weighted by atomic mass is 28.3. The fourth-order valence-electron chi connectivity index (χ4n) is 1.71. The van der Waals surface area contributed by atoms with Crippen LogP contribution in [0, 0.1) is 0 Å². The molecule has 0 saturated heterocycles. The summed E-state index contributed by atoms with van der Waals surface area (Å²) < 4.78 is 11.3. The zero-order chi connectivity index (χ0) is 14.0. The van der Waals surface area contributed by atoms with Crippen molar-refractivity contribution in [3.8, 4) is 0 Å². The molecule has 0 atom stereocenters. The van der Waals surface area contributed by atoms with E-state index in [1.807, 2.05) is 51.8 Å². The molecular weight excluding hydrogens is 246 g/mol. The maximum Gasteiger partial charge on any atom is 0.321 e. The lowest BCUT2D eigenvalue weighted by Crippen LogP contribution is -2.35. The number of hydrogen-bond acceptors (Lipinski definition) is 3. The third-order valence-electron chi connectivity index (χ3n) is 2.36. The van der Waals surface area contributed by atoms with Crippen molar-refractivity contribution in [1.82, 2.24) is 9.80 Å². The van der Waals surface area contributed by atoms with Gasteiger partial charge in [0, 0.05) is 47.9 Å². The number of rotatable bonds is 8. The van der Waals surface area contributed by atoms with Gasteiger partial charge in [0.05, 0.1) is 0 Å². The third kappa shape index (κ3) is 7.68. The van der Waals surface area contributed by atoms with Crippen LogP contribution in [0.15, 0.2) is 4.99 Å². The molecule has 0 amide bonds. The Balaban J connectivity index is 4.03. The quantitative estimate of drug-likeness (QED) is 0.288. The van der Waals surface area contributed by atoms with E-state index in [2.05, 4.69) is 4.99 Å². The monoisotopic (exact) mass is 275 g/mol. The molecule has 0 radical (unpaired) electrons. The molecule has 0 aliphatic rings. The highest BCUT2D eigenvalue weighted by molar-refractivity contribution is 6.44. The Morgan fingerprint density at radius 2 is 1.50 bits per heavy atom. The lowest BCUT2D eigenvalue weighted by Gasteiger charge is -2.22. The Morgan fingerprint density at radius 3 is 1.89 bits per heavy atom. The van der Waals surface area contributed by atoms with Crippen molar-refractivity contribution in [2.24, 2.45) is 4.99 Å². The van der Waals surface area contributed by atoms with E-state index in [4.69, 9.17) is 8.85 Å². The lowest BCUT2D eigenvalue weighted by atomic mass is 10.5. The lowest BCUT2D eigenvalue weighted by molar-refractivity contribution is 0.213. The molecule has 0 N–H and O–H groups in total. The van der Waals surface area contributed by atoms with Crippen LogP contribution in [-0.4, -0.2) is 73.0 Å². The number of nitrogens with zero attached hydrogens (tertiary/aromatic N) is 3. The molecule has 0 rings (SSSR count). The molecule has 0 saturated carbocycles. The first-order valence-electron chi connectivity index (χ1n) is 6.65. The summed E-state index contributed by atoms with van der Waals surface area (Å²) in [6, 6.07) is 1.03. The van der Waals surface area contributed by atoms with Crippen LogP contribution in [-0.2, 0) is 8.85 Å². The average molecular weight is 275 g/mol. The zero-order valence-corrected chi connectivity index (χ0v) is 13.9. The normalized spacial score (nSPS) is 10.6. The molecule has 108 valence electrons. The van der Waals surface area contributed by atoms with Gasteiger partial charge in [0.2, 0.25) is 0 Å². The van der Waals surface area contributed by atoms with E-state index in [1.165, 1.54) is 0 Å². The van der Waals surface area contributed by atoms with Crippen molar-refractivity contribution in [3.05, 3.63) is 0 Å². The minimum Gasteiger partial charge on any atom is -0.397 e. The topological polar surface area (TPSA) is 37.3 Å². The van der Waals surface area contributed by atoms with Gasteiger partial charge in [-0.25, -0.2) is 0 Å². The van der Waals surface area contributed by atoms with E-state index in [9.17, 15) is 0 Å². The van der Waals surface area contributed by atoms with Crippen molar-refractivity contribution >= 4 is 15.2 Å². The summed E-state index contributed by atoms with van der Waals surface area (Å²) in [6.45, 7) is 6.37. The number of guanidine groups is 1. The van der Waals surface area contributed by atoms with Crippen LogP contribution in [0.5, 0.6) is 0 Å². The van der Waals surface area contributed by atoms with Crippen molar-refractivity contribution in [2.75, 3.05) is 47.9 Å². The summed E-state index contributed by atoms with van der Waals surface area (Å²) in [7, 11) is 6.60. The highest BCUT2D eigenvalue weighted by Gasteiger charge is 2.11. The summed E-state index contributed by atoms with van der Waals surface area (Å²) in [5.41, 5.74) is 0. The fourth-order valence-corrected chi connectivity index (χ4v) is 3.40. The van der Waals surface area contributed by atoms with Gasteiger partial charge in [0.25, 0.3) is 0 Å². The van der Waals surface area contributed by atoms with Crippen molar-refractivity contribution < 1.29 is 8.85 Å². The summed E-state index contributed by atoms with van der Waals surface area (Å²) in [4.78, 5) is 8.65. The molecule has 0 bridgehead atoms. The SMILES string of the molecule is CCO[SiH](CCCN=C(N(C)C)N(C)C)OCC. The van der Waals surface area contributed by atoms with Crippen LogP contribution in [0.1, 0.15) is 20.3 Å². The highest BCUT2D eigenvalue weighted by Crippen LogP contribution is 2.02. The maximum absolute atomic E-state index is 5.63. The smallest absolute Gasteiger partial charge is 0.321 e. The first-order chi connectivity index (χ1) is 8.52. The van der Waals surface area contributed by atoms with Crippen LogP contribution in [0.3, 0.4) is 0 Å². The molecule has 0 fully saturated rings. The molecule has 0 unspecified atom stereocenters. The van der Waals surface area contributed by atoms with E-state index < -0.39 is 9.28 Å². The van der Waals surface area contributed by atoms with E-state index in [-0.39, 0.29) is 0 Å². The Kier molecular flexibility index (Phi) is 10.00. The van der Waals surface area contributed by atoms with Gasteiger partial charge in [-0.1, -0.05) is 0 Å². The van der Waals surface area contributed by atoms with E-state index in [0.717, 1.165) is 38.2 Å². The molecule has 0 aromatic carbocycles. The van der Waals surface area contributed by atoms with Crippen LogP contribution >= 0.6 is 0 Å². The Morgan fingerprint density at radius 1 is 1.00 bits per heavy atom.